The van der Waals surface area contributed by atoms with Crippen LogP contribution in [-0.4, -0.2) is 40.7 Å². The molecule has 38 heavy (non-hydrogen) atoms. The Hall–Kier alpha value is -3.83. The van der Waals surface area contributed by atoms with E-state index < -0.39 is 10.0 Å². The Morgan fingerprint density at radius 3 is 2.71 bits per heavy atom. The van der Waals surface area contributed by atoms with Crippen LogP contribution in [0.2, 0.25) is 0 Å². The van der Waals surface area contributed by atoms with Gasteiger partial charge >= 0.3 is 0 Å². The lowest BCUT2D eigenvalue weighted by Gasteiger charge is -2.21. The molecule has 1 aromatic carbocycles. The molecule has 3 heterocycles. The van der Waals surface area contributed by atoms with Crippen LogP contribution in [0.15, 0.2) is 59.9 Å². The monoisotopic (exact) mass is 531 g/mol. The third kappa shape index (κ3) is 4.86. The second-order valence-electron chi connectivity index (χ2n) is 10.2. The predicted octanol–water partition coefficient (Wildman–Crippen LogP) is 3.34. The van der Waals surface area contributed by atoms with Crippen LogP contribution in [0.25, 0.3) is 5.65 Å². The molecule has 4 aromatic rings. The van der Waals surface area contributed by atoms with Crippen molar-refractivity contribution in [3.63, 3.8) is 0 Å². The first kappa shape index (κ1) is 24.5. The molecule has 0 radical (unpaired) electrons. The molecule has 0 spiro atoms. The fraction of sp³-hybridized carbons (Fsp3) is 0.333. The van der Waals surface area contributed by atoms with Gasteiger partial charge in [0, 0.05) is 48.9 Å². The number of aromatic nitrogens is 4. The van der Waals surface area contributed by atoms with Crippen LogP contribution in [0.1, 0.15) is 53.9 Å². The molecule has 0 saturated heterocycles. The SMILES string of the molecule is Cc1ccnc(C2CC2C(=O)N(C)c2cc(NCc3cn4cc(C5CC5)ccc4n3)ccc2S(N)(=O)=O)n1. The van der Waals surface area contributed by atoms with Gasteiger partial charge in [-0.3, -0.25) is 4.79 Å². The van der Waals surface area contributed by atoms with Crippen LogP contribution in [0.3, 0.4) is 0 Å². The molecule has 2 fully saturated rings. The van der Waals surface area contributed by atoms with Crippen LogP contribution >= 0.6 is 0 Å². The first-order chi connectivity index (χ1) is 18.2. The number of sulfonamides is 1. The number of fused-ring (bicyclic) bond motifs is 1. The zero-order chi connectivity index (χ0) is 26.6. The molecule has 2 aliphatic rings. The molecule has 3 N–H and O–H groups in total. The van der Waals surface area contributed by atoms with Gasteiger partial charge in [0.15, 0.2) is 0 Å². The van der Waals surface area contributed by atoms with Crippen LogP contribution in [0.5, 0.6) is 0 Å². The summed E-state index contributed by atoms with van der Waals surface area (Å²) in [5, 5.41) is 8.80. The van der Waals surface area contributed by atoms with Crippen LogP contribution in [0.4, 0.5) is 11.4 Å². The quantitative estimate of drug-likeness (QED) is 0.356. The number of amides is 1. The lowest BCUT2D eigenvalue weighted by Crippen LogP contribution is -2.30. The van der Waals surface area contributed by atoms with E-state index in [-0.39, 0.29) is 28.3 Å². The van der Waals surface area contributed by atoms with E-state index in [1.807, 2.05) is 29.7 Å². The third-order valence-corrected chi connectivity index (χ3v) is 8.21. The Kier molecular flexibility index (Phi) is 5.92. The summed E-state index contributed by atoms with van der Waals surface area (Å²) in [5.41, 5.74) is 4.76. The third-order valence-electron chi connectivity index (χ3n) is 7.26. The largest absolute Gasteiger partial charge is 0.379 e. The summed E-state index contributed by atoms with van der Waals surface area (Å²) < 4.78 is 26.7. The lowest BCUT2D eigenvalue weighted by molar-refractivity contribution is -0.119. The van der Waals surface area contributed by atoms with Crippen LogP contribution in [-0.2, 0) is 21.4 Å². The van der Waals surface area contributed by atoms with E-state index in [0.29, 0.717) is 30.4 Å². The molecule has 2 saturated carbocycles. The summed E-state index contributed by atoms with van der Waals surface area (Å²) in [7, 11) is -2.49. The minimum Gasteiger partial charge on any atom is -0.379 e. The minimum absolute atomic E-state index is 0.0837. The van der Waals surface area contributed by atoms with Crippen molar-refractivity contribution in [2.45, 2.75) is 49.5 Å². The topological polar surface area (TPSA) is 136 Å². The zero-order valence-electron chi connectivity index (χ0n) is 21.2. The van der Waals surface area contributed by atoms with Crippen molar-refractivity contribution in [3.05, 3.63) is 77.8 Å². The number of benzene rings is 1. The molecule has 2 unspecified atom stereocenters. The molecule has 3 aromatic heterocycles. The average molecular weight is 532 g/mol. The number of nitrogens with zero attached hydrogens (tertiary/aromatic N) is 5. The normalized spacial score (nSPS) is 18.9. The maximum absolute atomic E-state index is 13.3. The maximum atomic E-state index is 13.3. The molecule has 10 nitrogen and oxygen atoms in total. The molecule has 196 valence electrons. The van der Waals surface area contributed by atoms with Crippen molar-refractivity contribution in [1.82, 2.24) is 19.4 Å². The average Bonchev–Trinajstić information content (AvgIpc) is 3.82. The van der Waals surface area contributed by atoms with E-state index >= 15 is 0 Å². The van der Waals surface area contributed by atoms with Gasteiger partial charge in [-0.15, -0.1) is 0 Å². The number of hydrogen-bond acceptors (Lipinski definition) is 7. The highest BCUT2D eigenvalue weighted by Gasteiger charge is 2.47. The van der Waals surface area contributed by atoms with Crippen LogP contribution < -0.4 is 15.4 Å². The summed E-state index contributed by atoms with van der Waals surface area (Å²) in [6.07, 6.45) is 8.91. The van der Waals surface area contributed by atoms with E-state index in [0.717, 1.165) is 17.0 Å². The summed E-state index contributed by atoms with van der Waals surface area (Å²) >= 11 is 0. The van der Waals surface area contributed by atoms with Crippen molar-refractivity contribution in [3.8, 4) is 0 Å². The number of carbonyl (C=O) groups is 1. The van der Waals surface area contributed by atoms with Gasteiger partial charge in [-0.1, -0.05) is 6.07 Å². The first-order valence-corrected chi connectivity index (χ1v) is 14.2. The molecule has 2 atom stereocenters. The van der Waals surface area contributed by atoms with Gasteiger partial charge in [-0.25, -0.2) is 28.5 Å². The fourth-order valence-corrected chi connectivity index (χ4v) is 5.64. The van der Waals surface area contributed by atoms with Crippen molar-refractivity contribution >= 4 is 33.0 Å². The van der Waals surface area contributed by atoms with Gasteiger partial charge in [-0.2, -0.15) is 0 Å². The van der Waals surface area contributed by atoms with Gasteiger partial charge in [0.25, 0.3) is 0 Å². The molecule has 0 bridgehead atoms. The Morgan fingerprint density at radius 1 is 1.16 bits per heavy atom. The van der Waals surface area contributed by atoms with Gasteiger partial charge in [0.1, 0.15) is 16.4 Å². The van der Waals surface area contributed by atoms with Crippen molar-refractivity contribution < 1.29 is 13.2 Å². The molecule has 2 aliphatic carbocycles. The number of anilines is 2. The van der Waals surface area contributed by atoms with Gasteiger partial charge in [0.2, 0.25) is 15.9 Å². The summed E-state index contributed by atoms with van der Waals surface area (Å²) in [6.45, 7) is 2.31. The smallest absolute Gasteiger partial charge is 0.240 e. The summed E-state index contributed by atoms with van der Waals surface area (Å²) in [6, 6.07) is 10.7. The number of nitrogens with one attached hydrogen (secondary N) is 1. The number of nitrogens with two attached hydrogens (primary N) is 1. The van der Waals surface area contributed by atoms with Crippen molar-refractivity contribution in [2.24, 2.45) is 11.1 Å². The Labute approximate surface area is 221 Å². The molecular formula is C27H29N7O3S. The second-order valence-corrected chi connectivity index (χ2v) is 11.7. The number of aryl methyl sites for hydroxylation is 1. The number of hydrogen-bond donors (Lipinski definition) is 2. The second kappa shape index (κ2) is 9.17. The van der Waals surface area contributed by atoms with E-state index in [2.05, 4.69) is 32.5 Å². The standard InChI is InChI=1S/C27H29N7O3S/c1-16-9-10-29-26(31-16)21-12-22(21)27(35)33(2)23-11-19(6-7-24(23)38(28,36)37)30-13-20-15-34-14-18(17-3-4-17)5-8-25(34)32-20/h5-11,14-15,17,21-22,30H,3-4,12-13H2,1-2H3,(H2,28,36,37). The Morgan fingerprint density at radius 2 is 1.97 bits per heavy atom. The Bertz CT molecular complexity index is 1660. The number of imidazole rings is 1. The molecule has 0 aliphatic heterocycles. The highest BCUT2D eigenvalue weighted by atomic mass is 32.2. The first-order valence-electron chi connectivity index (χ1n) is 12.6. The van der Waals surface area contributed by atoms with Crippen molar-refractivity contribution in [2.75, 3.05) is 17.3 Å². The van der Waals surface area contributed by atoms with Crippen molar-refractivity contribution in [1.29, 1.82) is 0 Å². The number of carbonyl (C=O) groups excluding carboxylic acids is 1. The molecule has 6 rings (SSSR count). The van der Waals surface area contributed by atoms with E-state index in [1.54, 1.807) is 25.4 Å². The number of primary sulfonamides is 1. The molecule has 1 amide bonds. The highest BCUT2D eigenvalue weighted by molar-refractivity contribution is 7.89. The van der Waals surface area contributed by atoms with Gasteiger partial charge in [-0.05, 0) is 68.0 Å². The maximum Gasteiger partial charge on any atom is 0.240 e. The van der Waals surface area contributed by atoms with E-state index in [4.69, 9.17) is 5.14 Å². The van der Waals surface area contributed by atoms with Crippen LogP contribution in [0, 0.1) is 12.8 Å². The molecular weight excluding hydrogens is 502 g/mol. The summed E-state index contributed by atoms with van der Waals surface area (Å²) in [5.74, 6) is 0.698. The Balaban J connectivity index is 1.21. The number of rotatable bonds is 8. The van der Waals surface area contributed by atoms with E-state index in [9.17, 15) is 13.2 Å². The zero-order valence-corrected chi connectivity index (χ0v) is 22.0. The van der Waals surface area contributed by atoms with Gasteiger partial charge in [0.05, 0.1) is 17.9 Å². The lowest BCUT2D eigenvalue weighted by atomic mass is 10.2. The van der Waals surface area contributed by atoms with E-state index in [1.165, 1.54) is 29.4 Å². The summed E-state index contributed by atoms with van der Waals surface area (Å²) in [4.78, 5) is 28.0. The van der Waals surface area contributed by atoms with Gasteiger partial charge < -0.3 is 14.6 Å². The minimum atomic E-state index is -4.06. The predicted molar refractivity (Wildman–Crippen MR) is 143 cm³/mol. The number of pyridine rings is 1. The fourth-order valence-electron chi connectivity index (χ4n) is 4.90. The highest BCUT2D eigenvalue weighted by Crippen LogP contribution is 2.47. The molecule has 11 heteroatoms.